The molecule has 2 N–H and O–H groups in total. The average Bonchev–Trinajstić information content (AvgIpc) is 2.83. The summed E-state index contributed by atoms with van der Waals surface area (Å²) in [5.41, 5.74) is 3.03. The van der Waals surface area contributed by atoms with Gasteiger partial charge in [-0.3, -0.25) is 0 Å². The molecule has 4 aromatic rings. The zero-order valence-electron chi connectivity index (χ0n) is 18.4. The highest BCUT2D eigenvalue weighted by Crippen LogP contribution is 2.47. The van der Waals surface area contributed by atoms with Crippen LogP contribution in [-0.2, 0) is 0 Å². The quantitative estimate of drug-likeness (QED) is 0.375. The first-order chi connectivity index (χ1) is 15.6. The van der Waals surface area contributed by atoms with Crippen LogP contribution < -0.4 is 24.3 Å². The monoisotopic (exact) mass is 431 g/mol. The fraction of sp³-hybridized carbons (Fsp3) is 0.154. The van der Waals surface area contributed by atoms with Crippen LogP contribution in [-0.4, -0.2) is 33.5 Å². The first-order valence-electron chi connectivity index (χ1n) is 10.1. The number of methoxy groups -OCH3 is 4. The molecule has 0 bridgehead atoms. The Labute approximate surface area is 186 Å². The standard InChI is InChI=1S/C26H25NO5/c1-29-21-11-10-16(13-22(21)30-2)25-20(28)12-17-14-23(31-3)24(32-4)15-19(17)26(25)27-18-8-6-5-7-9-18/h5-15,27-28H,1-4H3. The predicted octanol–water partition coefficient (Wildman–Crippen LogP) is 5.99. The van der Waals surface area contributed by atoms with E-state index in [-0.39, 0.29) is 5.75 Å². The summed E-state index contributed by atoms with van der Waals surface area (Å²) in [5, 5.41) is 16.3. The SMILES string of the molecule is COc1ccc(-c2c(O)cc3cc(OC)c(OC)cc3c2Nc2ccccc2)cc1OC. The fourth-order valence-electron chi connectivity index (χ4n) is 3.79. The third-order valence-electron chi connectivity index (χ3n) is 5.34. The van der Waals surface area contributed by atoms with Crippen molar-refractivity contribution in [2.45, 2.75) is 0 Å². The molecule has 0 saturated heterocycles. The van der Waals surface area contributed by atoms with Gasteiger partial charge in [0.25, 0.3) is 0 Å². The number of para-hydroxylation sites is 1. The minimum atomic E-state index is 0.121. The van der Waals surface area contributed by atoms with E-state index in [4.69, 9.17) is 18.9 Å². The Kier molecular flexibility index (Phi) is 5.94. The van der Waals surface area contributed by atoms with Gasteiger partial charge in [-0.15, -0.1) is 0 Å². The molecule has 4 aromatic carbocycles. The lowest BCUT2D eigenvalue weighted by Gasteiger charge is -2.19. The molecule has 0 fully saturated rings. The number of benzene rings is 4. The number of ether oxygens (including phenoxy) is 4. The number of phenolic OH excluding ortho intramolecular Hbond substituents is 1. The lowest BCUT2D eigenvalue weighted by atomic mass is 9.96. The molecule has 0 aliphatic carbocycles. The smallest absolute Gasteiger partial charge is 0.161 e. The first-order valence-corrected chi connectivity index (χ1v) is 10.1. The number of fused-ring (bicyclic) bond motifs is 1. The molecule has 6 nitrogen and oxygen atoms in total. The highest BCUT2D eigenvalue weighted by atomic mass is 16.5. The summed E-state index contributed by atoms with van der Waals surface area (Å²) in [7, 11) is 6.36. The van der Waals surface area contributed by atoms with Gasteiger partial charge in [0.05, 0.1) is 34.1 Å². The summed E-state index contributed by atoms with van der Waals surface area (Å²) < 4.78 is 21.9. The number of rotatable bonds is 7. The van der Waals surface area contributed by atoms with Crippen LogP contribution in [0.2, 0.25) is 0 Å². The van der Waals surface area contributed by atoms with Crippen molar-refractivity contribution in [2.24, 2.45) is 0 Å². The van der Waals surface area contributed by atoms with E-state index in [1.165, 1.54) is 0 Å². The number of nitrogens with one attached hydrogen (secondary N) is 1. The first kappa shape index (κ1) is 21.2. The maximum atomic E-state index is 11.1. The Bertz CT molecular complexity index is 1250. The van der Waals surface area contributed by atoms with Gasteiger partial charge in [-0.05, 0) is 53.4 Å². The van der Waals surface area contributed by atoms with Crippen molar-refractivity contribution < 1.29 is 24.1 Å². The van der Waals surface area contributed by atoms with Crippen molar-refractivity contribution in [1.29, 1.82) is 0 Å². The lowest BCUT2D eigenvalue weighted by molar-refractivity contribution is 0.355. The molecule has 4 rings (SSSR count). The molecule has 164 valence electrons. The molecule has 0 aliphatic rings. The van der Waals surface area contributed by atoms with Crippen LogP contribution in [0.25, 0.3) is 21.9 Å². The van der Waals surface area contributed by atoms with Gasteiger partial charge in [0.2, 0.25) is 0 Å². The van der Waals surface area contributed by atoms with Gasteiger partial charge < -0.3 is 29.4 Å². The van der Waals surface area contributed by atoms with Crippen LogP contribution in [0.4, 0.5) is 11.4 Å². The summed E-state index contributed by atoms with van der Waals surface area (Å²) in [6.45, 7) is 0. The number of hydrogen-bond acceptors (Lipinski definition) is 6. The maximum absolute atomic E-state index is 11.1. The second-order valence-electron chi connectivity index (χ2n) is 7.13. The highest BCUT2D eigenvalue weighted by Gasteiger charge is 2.19. The second kappa shape index (κ2) is 8.98. The van der Waals surface area contributed by atoms with Crippen LogP contribution >= 0.6 is 0 Å². The van der Waals surface area contributed by atoms with Crippen LogP contribution in [0.1, 0.15) is 0 Å². The number of anilines is 2. The molecular weight excluding hydrogens is 406 g/mol. The summed E-state index contributed by atoms with van der Waals surface area (Å²) in [5.74, 6) is 2.49. The third kappa shape index (κ3) is 3.83. The molecule has 0 radical (unpaired) electrons. The van der Waals surface area contributed by atoms with Crippen LogP contribution in [0, 0.1) is 0 Å². The zero-order valence-corrected chi connectivity index (χ0v) is 18.4. The molecule has 0 heterocycles. The van der Waals surface area contributed by atoms with Crippen molar-refractivity contribution in [2.75, 3.05) is 33.8 Å². The normalized spacial score (nSPS) is 10.6. The molecule has 0 atom stereocenters. The molecule has 0 spiro atoms. The molecule has 0 saturated carbocycles. The Morgan fingerprint density at radius 3 is 1.94 bits per heavy atom. The van der Waals surface area contributed by atoms with Crippen LogP contribution in [0.3, 0.4) is 0 Å². The van der Waals surface area contributed by atoms with Gasteiger partial charge in [0, 0.05) is 16.6 Å². The molecular formula is C26H25NO5. The van der Waals surface area contributed by atoms with Crippen molar-refractivity contribution in [1.82, 2.24) is 0 Å². The van der Waals surface area contributed by atoms with Crippen molar-refractivity contribution in [3.05, 3.63) is 66.7 Å². The van der Waals surface area contributed by atoms with Gasteiger partial charge in [0.15, 0.2) is 23.0 Å². The van der Waals surface area contributed by atoms with Gasteiger partial charge in [-0.25, -0.2) is 0 Å². The van der Waals surface area contributed by atoms with Gasteiger partial charge in [0.1, 0.15) is 5.75 Å². The number of hydrogen-bond donors (Lipinski definition) is 2. The summed E-state index contributed by atoms with van der Waals surface area (Å²) in [4.78, 5) is 0. The Morgan fingerprint density at radius 2 is 1.28 bits per heavy atom. The zero-order chi connectivity index (χ0) is 22.7. The van der Waals surface area contributed by atoms with Crippen LogP contribution in [0.5, 0.6) is 28.7 Å². The van der Waals surface area contributed by atoms with E-state index in [9.17, 15) is 5.11 Å². The molecule has 0 aliphatic heterocycles. The average molecular weight is 431 g/mol. The van der Waals surface area contributed by atoms with E-state index < -0.39 is 0 Å². The summed E-state index contributed by atoms with van der Waals surface area (Å²) >= 11 is 0. The van der Waals surface area contributed by atoms with E-state index in [1.54, 1.807) is 34.5 Å². The topological polar surface area (TPSA) is 69.2 Å². The number of aromatic hydroxyl groups is 1. The minimum Gasteiger partial charge on any atom is -0.507 e. The van der Waals surface area contributed by atoms with E-state index in [2.05, 4.69) is 5.32 Å². The maximum Gasteiger partial charge on any atom is 0.161 e. The van der Waals surface area contributed by atoms with Gasteiger partial charge in [-0.2, -0.15) is 0 Å². The van der Waals surface area contributed by atoms with E-state index in [1.807, 2.05) is 60.7 Å². The third-order valence-corrected chi connectivity index (χ3v) is 5.34. The minimum absolute atomic E-state index is 0.121. The number of phenols is 1. The van der Waals surface area contributed by atoms with Crippen molar-refractivity contribution in [3.8, 4) is 39.9 Å². The Balaban J connectivity index is 2.03. The second-order valence-corrected chi connectivity index (χ2v) is 7.13. The predicted molar refractivity (Wildman–Crippen MR) is 127 cm³/mol. The Morgan fingerprint density at radius 1 is 0.656 bits per heavy atom. The van der Waals surface area contributed by atoms with E-state index in [0.29, 0.717) is 28.6 Å². The largest absolute Gasteiger partial charge is 0.507 e. The van der Waals surface area contributed by atoms with E-state index >= 15 is 0 Å². The molecule has 0 unspecified atom stereocenters. The summed E-state index contributed by atoms with van der Waals surface area (Å²) in [6, 6.07) is 20.8. The molecule has 32 heavy (non-hydrogen) atoms. The highest BCUT2D eigenvalue weighted by molar-refractivity contribution is 6.07. The fourth-order valence-corrected chi connectivity index (χ4v) is 3.79. The molecule has 0 aromatic heterocycles. The van der Waals surface area contributed by atoms with Gasteiger partial charge >= 0.3 is 0 Å². The Hall–Kier alpha value is -4.06. The van der Waals surface area contributed by atoms with Crippen molar-refractivity contribution >= 4 is 22.1 Å². The van der Waals surface area contributed by atoms with Gasteiger partial charge in [-0.1, -0.05) is 24.3 Å². The lowest BCUT2D eigenvalue weighted by Crippen LogP contribution is -1.98. The molecule has 0 amide bonds. The summed E-state index contributed by atoms with van der Waals surface area (Å²) in [6.07, 6.45) is 0. The molecule has 6 heteroatoms. The van der Waals surface area contributed by atoms with E-state index in [0.717, 1.165) is 27.7 Å². The van der Waals surface area contributed by atoms with Crippen molar-refractivity contribution in [3.63, 3.8) is 0 Å². The van der Waals surface area contributed by atoms with Crippen LogP contribution in [0.15, 0.2) is 66.7 Å².